The van der Waals surface area contributed by atoms with Gasteiger partial charge in [-0.1, -0.05) is 44.0 Å². The van der Waals surface area contributed by atoms with E-state index < -0.39 is 0 Å². The number of rotatable bonds is 6. The summed E-state index contributed by atoms with van der Waals surface area (Å²) in [5.41, 5.74) is 4.32. The van der Waals surface area contributed by atoms with Crippen LogP contribution in [0.25, 0.3) is 0 Å². The average molecular weight is 525 g/mol. The van der Waals surface area contributed by atoms with E-state index in [4.69, 9.17) is 4.74 Å². The lowest BCUT2D eigenvalue weighted by Gasteiger charge is -2.30. The Hall–Kier alpha value is -1.90. The monoisotopic (exact) mass is 523 g/mol. The van der Waals surface area contributed by atoms with Crippen molar-refractivity contribution in [3.63, 3.8) is 0 Å². The van der Waals surface area contributed by atoms with Crippen LogP contribution in [0.15, 0.2) is 50.4 Å². The first kappa shape index (κ1) is 21.8. The molecule has 1 heterocycles. The molecule has 2 aromatic carbocycles. The Bertz CT molecular complexity index is 879. The summed E-state index contributed by atoms with van der Waals surface area (Å²) in [7, 11) is 1.48. The number of methoxy groups -OCH3 is 1. The maximum absolute atomic E-state index is 12.4. The molecule has 0 radical (unpaired) electrons. The number of phenolic OH excluding ortho intramolecular Hbond substituents is 1. The second-order valence-corrected chi connectivity index (χ2v) is 8.79. The first-order valence-corrected chi connectivity index (χ1v) is 10.9. The fourth-order valence-corrected chi connectivity index (χ4v) is 4.03. The molecule has 2 aromatic rings. The molecule has 1 aliphatic heterocycles. The van der Waals surface area contributed by atoms with E-state index >= 15 is 0 Å². The molecule has 1 saturated heterocycles. The van der Waals surface area contributed by atoms with Gasteiger partial charge in [0.2, 0.25) is 5.91 Å². The van der Waals surface area contributed by atoms with E-state index in [9.17, 15) is 9.90 Å². The highest BCUT2D eigenvalue weighted by molar-refractivity contribution is 9.10. The average Bonchev–Trinajstić information content (AvgIpc) is 2.72. The maximum atomic E-state index is 12.4. The summed E-state index contributed by atoms with van der Waals surface area (Å²) in [6, 6.07) is 11.7. The van der Waals surface area contributed by atoms with Crippen molar-refractivity contribution in [1.82, 2.24) is 10.3 Å². The van der Waals surface area contributed by atoms with E-state index in [1.165, 1.54) is 18.9 Å². The zero-order valence-corrected chi connectivity index (χ0v) is 19.2. The number of nitrogens with zero attached hydrogens (tertiary/aromatic N) is 2. The van der Waals surface area contributed by atoms with Gasteiger partial charge in [-0.3, -0.25) is 9.69 Å². The molecule has 0 spiro atoms. The topological polar surface area (TPSA) is 74.2 Å². The SMILES string of the molecule is COc1cc(Br)cc(C=NNC(=O)C2CCN(Cc3ccc(Br)cc3)CC2)c1O. The van der Waals surface area contributed by atoms with Gasteiger partial charge in [0.15, 0.2) is 11.5 Å². The number of aromatic hydroxyl groups is 1. The Kier molecular flexibility index (Phi) is 7.69. The number of hydrogen-bond acceptors (Lipinski definition) is 5. The van der Waals surface area contributed by atoms with Crippen LogP contribution in [0, 0.1) is 5.92 Å². The van der Waals surface area contributed by atoms with E-state index in [0.717, 1.165) is 41.4 Å². The number of amides is 1. The van der Waals surface area contributed by atoms with Crippen molar-refractivity contribution >= 4 is 44.0 Å². The molecule has 0 bridgehead atoms. The summed E-state index contributed by atoms with van der Waals surface area (Å²) < 4.78 is 6.94. The van der Waals surface area contributed by atoms with Crippen LogP contribution in [0.3, 0.4) is 0 Å². The van der Waals surface area contributed by atoms with Crippen molar-refractivity contribution in [2.45, 2.75) is 19.4 Å². The molecule has 29 heavy (non-hydrogen) atoms. The highest BCUT2D eigenvalue weighted by Crippen LogP contribution is 2.32. The molecule has 1 fully saturated rings. The van der Waals surface area contributed by atoms with Gasteiger partial charge in [-0.15, -0.1) is 0 Å². The number of phenols is 1. The third-order valence-corrected chi connectivity index (χ3v) is 5.93. The quantitative estimate of drug-likeness (QED) is 0.436. The molecule has 0 atom stereocenters. The van der Waals surface area contributed by atoms with Crippen LogP contribution in [-0.2, 0) is 11.3 Å². The van der Waals surface area contributed by atoms with Crippen molar-refractivity contribution in [2.75, 3.05) is 20.2 Å². The lowest BCUT2D eigenvalue weighted by atomic mass is 9.96. The standard InChI is InChI=1S/C21H23Br2N3O3/c1-29-19-11-18(23)10-16(20(19)27)12-24-25-21(28)15-6-8-26(9-7-15)13-14-2-4-17(22)5-3-14/h2-5,10-12,15,27H,6-9,13H2,1H3,(H,25,28). The summed E-state index contributed by atoms with van der Waals surface area (Å²) in [5, 5.41) is 14.1. The maximum Gasteiger partial charge on any atom is 0.243 e. The Morgan fingerprint density at radius 2 is 1.93 bits per heavy atom. The van der Waals surface area contributed by atoms with Gasteiger partial charge in [-0.25, -0.2) is 5.43 Å². The molecule has 3 rings (SSSR count). The number of nitrogens with one attached hydrogen (secondary N) is 1. The third-order valence-electron chi connectivity index (χ3n) is 4.95. The molecular formula is C21H23Br2N3O3. The summed E-state index contributed by atoms with van der Waals surface area (Å²) >= 11 is 6.81. The normalized spacial score (nSPS) is 15.6. The van der Waals surface area contributed by atoms with Crippen LogP contribution in [0.2, 0.25) is 0 Å². The van der Waals surface area contributed by atoms with Crippen molar-refractivity contribution in [3.05, 3.63) is 56.5 Å². The Balaban J connectivity index is 1.49. The Morgan fingerprint density at radius 3 is 2.59 bits per heavy atom. The highest BCUT2D eigenvalue weighted by atomic mass is 79.9. The summed E-state index contributed by atoms with van der Waals surface area (Å²) in [5.74, 6) is 0.171. The molecule has 8 heteroatoms. The van der Waals surface area contributed by atoms with Gasteiger partial charge in [-0.05, 0) is 55.8 Å². The number of carbonyl (C=O) groups is 1. The lowest BCUT2D eigenvalue weighted by molar-refractivity contribution is -0.126. The molecule has 0 saturated carbocycles. The number of halogens is 2. The van der Waals surface area contributed by atoms with Gasteiger partial charge >= 0.3 is 0 Å². The second kappa shape index (κ2) is 10.2. The molecular weight excluding hydrogens is 502 g/mol. The van der Waals surface area contributed by atoms with Gasteiger partial charge in [0.25, 0.3) is 0 Å². The van der Waals surface area contributed by atoms with Gasteiger partial charge in [0.1, 0.15) is 0 Å². The molecule has 0 aliphatic carbocycles. The van der Waals surface area contributed by atoms with E-state index in [-0.39, 0.29) is 17.6 Å². The van der Waals surface area contributed by atoms with Crippen LogP contribution in [-0.4, -0.2) is 42.3 Å². The molecule has 1 aliphatic rings. The number of piperidine rings is 1. The number of benzene rings is 2. The van der Waals surface area contributed by atoms with Gasteiger partial charge in [0, 0.05) is 27.0 Å². The van der Waals surface area contributed by atoms with Crippen molar-refractivity contribution < 1.29 is 14.6 Å². The third kappa shape index (κ3) is 6.04. The van der Waals surface area contributed by atoms with Crippen molar-refractivity contribution in [3.8, 4) is 11.5 Å². The van der Waals surface area contributed by atoms with Crippen molar-refractivity contribution in [2.24, 2.45) is 11.0 Å². The molecule has 6 nitrogen and oxygen atoms in total. The van der Waals surface area contributed by atoms with E-state index in [2.05, 4.69) is 59.4 Å². The highest BCUT2D eigenvalue weighted by Gasteiger charge is 2.24. The predicted octanol–water partition coefficient (Wildman–Crippen LogP) is 4.29. The van der Waals surface area contributed by atoms with Crippen LogP contribution in [0.5, 0.6) is 11.5 Å². The minimum Gasteiger partial charge on any atom is -0.504 e. The van der Waals surface area contributed by atoms with Crippen LogP contribution >= 0.6 is 31.9 Å². The first-order valence-electron chi connectivity index (χ1n) is 9.32. The summed E-state index contributed by atoms with van der Waals surface area (Å²) in [6.45, 7) is 2.65. The molecule has 0 aromatic heterocycles. The number of hydrogen-bond donors (Lipinski definition) is 2. The van der Waals surface area contributed by atoms with E-state index in [1.54, 1.807) is 12.1 Å². The molecule has 154 valence electrons. The van der Waals surface area contributed by atoms with Gasteiger partial charge < -0.3 is 9.84 Å². The Morgan fingerprint density at radius 1 is 1.24 bits per heavy atom. The minimum absolute atomic E-state index is 0.0186. The molecule has 0 unspecified atom stereocenters. The zero-order chi connectivity index (χ0) is 20.8. The smallest absolute Gasteiger partial charge is 0.243 e. The van der Waals surface area contributed by atoms with E-state index in [0.29, 0.717) is 11.3 Å². The predicted molar refractivity (Wildman–Crippen MR) is 120 cm³/mol. The first-order chi connectivity index (χ1) is 14.0. The van der Waals surface area contributed by atoms with E-state index in [1.807, 2.05) is 12.1 Å². The fraction of sp³-hybridized carbons (Fsp3) is 0.333. The molecule has 1 amide bonds. The summed E-state index contributed by atoms with van der Waals surface area (Å²) in [4.78, 5) is 14.8. The lowest BCUT2D eigenvalue weighted by Crippen LogP contribution is -2.39. The number of carbonyl (C=O) groups excluding carboxylic acids is 1. The van der Waals surface area contributed by atoms with Crippen molar-refractivity contribution in [1.29, 1.82) is 0 Å². The van der Waals surface area contributed by atoms with Gasteiger partial charge in [0.05, 0.1) is 13.3 Å². The zero-order valence-electron chi connectivity index (χ0n) is 16.1. The second-order valence-electron chi connectivity index (χ2n) is 6.96. The minimum atomic E-state index is -0.0917. The molecule has 2 N–H and O–H groups in total. The largest absolute Gasteiger partial charge is 0.504 e. The van der Waals surface area contributed by atoms with Crippen LogP contribution in [0.1, 0.15) is 24.0 Å². The number of likely N-dealkylation sites (tertiary alicyclic amines) is 1. The Labute approximate surface area is 187 Å². The van der Waals surface area contributed by atoms with Crippen LogP contribution < -0.4 is 10.2 Å². The number of ether oxygens (including phenoxy) is 1. The fourth-order valence-electron chi connectivity index (χ4n) is 3.31. The summed E-state index contributed by atoms with van der Waals surface area (Å²) in [6.07, 6.45) is 3.02. The van der Waals surface area contributed by atoms with Gasteiger partial charge in [-0.2, -0.15) is 5.10 Å². The number of hydrazone groups is 1. The van der Waals surface area contributed by atoms with Crippen LogP contribution in [0.4, 0.5) is 0 Å².